The summed E-state index contributed by atoms with van der Waals surface area (Å²) in [5.74, 6) is -0.382. The molecule has 222 valence electrons. The number of anilines is 1. The van der Waals surface area contributed by atoms with E-state index in [4.69, 9.17) is 9.97 Å². The molecule has 4 aromatic carbocycles. The monoisotopic (exact) mass is 677 g/mol. The quantitative estimate of drug-likeness (QED) is 0.126. The Bertz CT molecular complexity index is 1710. The minimum absolute atomic E-state index is 0.0698. The molecule has 5 rings (SSSR count). The number of aromatic nitrogens is 2. The summed E-state index contributed by atoms with van der Waals surface area (Å²) in [5.41, 5.74) is 2.81. The normalized spacial score (nSPS) is 13.1. The summed E-state index contributed by atoms with van der Waals surface area (Å²) in [7, 11) is -5.17. The van der Waals surface area contributed by atoms with Gasteiger partial charge in [-0.3, -0.25) is 0 Å². The van der Waals surface area contributed by atoms with Crippen LogP contribution in [0.25, 0.3) is 11.3 Å². The fourth-order valence-electron chi connectivity index (χ4n) is 5.54. The zero-order chi connectivity index (χ0) is 30.8. The first-order chi connectivity index (χ1) is 20.5. The number of rotatable bonds is 9. The molecule has 0 spiro atoms. The predicted molar refractivity (Wildman–Crippen MR) is 183 cm³/mol. The first-order valence-electron chi connectivity index (χ1n) is 14.0. The van der Waals surface area contributed by atoms with Crippen LogP contribution in [0, 0.1) is 5.82 Å². The van der Waals surface area contributed by atoms with Crippen molar-refractivity contribution in [1.29, 1.82) is 0 Å². The summed E-state index contributed by atoms with van der Waals surface area (Å²) in [5, 5.41) is 3.56. The number of benzene rings is 4. The fraction of sp³-hybridized carbons (Fsp3) is 0.176. The summed E-state index contributed by atoms with van der Waals surface area (Å²) in [4.78, 5) is 9.81. The van der Waals surface area contributed by atoms with Gasteiger partial charge in [-0.25, -0.2) is 0 Å². The molecule has 1 heterocycles. The molecule has 0 saturated heterocycles. The van der Waals surface area contributed by atoms with Crippen LogP contribution in [0.15, 0.2) is 115 Å². The van der Waals surface area contributed by atoms with Gasteiger partial charge in [0.05, 0.1) is 0 Å². The molecule has 0 bridgehead atoms. The first kappa shape index (κ1) is 31.0. The van der Waals surface area contributed by atoms with Crippen LogP contribution in [0.4, 0.5) is 10.3 Å². The number of halogens is 2. The maximum absolute atomic E-state index is 14.2. The number of nitrogens with zero attached hydrogens (tertiary/aromatic N) is 3. The average Bonchev–Trinajstić information content (AvgIpc) is 3.02. The number of alkyl halides is 1. The molecule has 0 saturated carbocycles. The Hall–Kier alpha value is -3.45. The summed E-state index contributed by atoms with van der Waals surface area (Å²) in [6.45, 7) is 4.09. The summed E-state index contributed by atoms with van der Waals surface area (Å²) in [6.07, 6.45) is 1.13. The van der Waals surface area contributed by atoms with Crippen LogP contribution >= 0.6 is 23.2 Å². The van der Waals surface area contributed by atoms with Gasteiger partial charge in [-0.15, -0.1) is 0 Å². The van der Waals surface area contributed by atoms with Crippen molar-refractivity contribution in [3.8, 4) is 11.3 Å². The van der Waals surface area contributed by atoms with Crippen molar-refractivity contribution in [1.82, 2.24) is 9.97 Å². The summed E-state index contributed by atoms with van der Waals surface area (Å²) >= 11 is 4.28. The van der Waals surface area contributed by atoms with E-state index in [9.17, 15) is 12.8 Å². The third-order valence-electron chi connectivity index (χ3n) is 7.73. The Morgan fingerprint density at radius 2 is 1.19 bits per heavy atom. The van der Waals surface area contributed by atoms with Crippen LogP contribution in [0.3, 0.4) is 0 Å². The van der Waals surface area contributed by atoms with E-state index >= 15 is 0 Å². The Kier molecular flexibility index (Phi) is 9.12. The first-order valence-corrected chi connectivity index (χ1v) is 18.8. The zero-order valence-corrected chi connectivity index (χ0v) is 27.8. The number of hydrogen-bond donors (Lipinski definition) is 0. The van der Waals surface area contributed by atoms with Crippen LogP contribution in [0.5, 0.6) is 0 Å². The van der Waals surface area contributed by atoms with Crippen molar-refractivity contribution in [2.75, 3.05) is 17.6 Å². The Morgan fingerprint density at radius 1 is 0.744 bits per heavy atom. The second kappa shape index (κ2) is 12.7. The second-order valence-corrected chi connectivity index (χ2v) is 18.5. The van der Waals surface area contributed by atoms with Crippen LogP contribution in [-0.4, -0.2) is 31.7 Å². The van der Waals surface area contributed by atoms with Crippen molar-refractivity contribution >= 4 is 55.1 Å². The molecular weight excluding hydrogens is 644 g/mol. The number of sulfonamides is 1. The van der Waals surface area contributed by atoms with Crippen LogP contribution in [-0.2, 0) is 10.0 Å². The van der Waals surface area contributed by atoms with Gasteiger partial charge in [0, 0.05) is 0 Å². The molecule has 0 fully saturated rings. The zero-order valence-electron chi connectivity index (χ0n) is 24.4. The van der Waals surface area contributed by atoms with Gasteiger partial charge in [-0.05, 0) is 0 Å². The maximum atomic E-state index is 14.2. The molecule has 5 nitrogen and oxygen atoms in total. The molecule has 1 unspecified atom stereocenters. The SMILES string of the molecule is CC(C)c1nc(N(C)S(C)(=O)=O)nc(-c2ccc(F)cc2)c1C(Br)[PH](c1ccccc1)(c1ccccc1)c1ccccc1. The van der Waals surface area contributed by atoms with E-state index in [1.54, 1.807) is 12.1 Å². The summed E-state index contributed by atoms with van der Waals surface area (Å²) < 4.78 is 40.2. The summed E-state index contributed by atoms with van der Waals surface area (Å²) in [6, 6.07) is 37.7. The minimum atomic E-state index is -3.65. The van der Waals surface area contributed by atoms with E-state index in [0.717, 1.165) is 21.8 Å². The molecule has 5 aromatic rings. The van der Waals surface area contributed by atoms with Crippen LogP contribution in [0.2, 0.25) is 0 Å². The van der Waals surface area contributed by atoms with E-state index in [1.807, 2.05) is 32.0 Å². The van der Waals surface area contributed by atoms with E-state index < -0.39 is 17.3 Å². The average molecular weight is 679 g/mol. The molecule has 1 atom stereocenters. The van der Waals surface area contributed by atoms with E-state index in [0.29, 0.717) is 11.3 Å². The van der Waals surface area contributed by atoms with E-state index in [1.165, 1.54) is 35.1 Å². The molecule has 0 aliphatic rings. The van der Waals surface area contributed by atoms with Gasteiger partial charge in [0.25, 0.3) is 0 Å². The van der Waals surface area contributed by atoms with Crippen molar-refractivity contribution in [3.05, 3.63) is 132 Å². The van der Waals surface area contributed by atoms with Gasteiger partial charge in [0.15, 0.2) is 0 Å². The van der Waals surface area contributed by atoms with E-state index in [2.05, 4.69) is 88.7 Å². The molecule has 1 aromatic heterocycles. The molecule has 9 heteroatoms. The van der Waals surface area contributed by atoms with Gasteiger partial charge in [-0.1, -0.05) is 0 Å². The topological polar surface area (TPSA) is 63.2 Å². The van der Waals surface area contributed by atoms with Gasteiger partial charge in [0.2, 0.25) is 0 Å². The van der Waals surface area contributed by atoms with Crippen molar-refractivity contribution < 1.29 is 12.8 Å². The van der Waals surface area contributed by atoms with E-state index in [-0.39, 0.29) is 22.3 Å². The second-order valence-electron chi connectivity index (χ2n) is 10.8. The van der Waals surface area contributed by atoms with Crippen LogP contribution in [0.1, 0.15) is 35.6 Å². The number of hydrogen-bond acceptors (Lipinski definition) is 4. The molecular formula is C34H34BrFN3O2PS. The van der Waals surface area contributed by atoms with Gasteiger partial charge < -0.3 is 0 Å². The van der Waals surface area contributed by atoms with Crippen LogP contribution < -0.4 is 20.2 Å². The Balaban J connectivity index is 1.94. The third kappa shape index (κ3) is 6.01. The van der Waals surface area contributed by atoms with Crippen molar-refractivity contribution in [3.63, 3.8) is 0 Å². The van der Waals surface area contributed by atoms with Crippen molar-refractivity contribution in [2.45, 2.75) is 24.3 Å². The molecule has 0 aliphatic heterocycles. The predicted octanol–water partition coefficient (Wildman–Crippen LogP) is 6.92. The Labute approximate surface area is 262 Å². The molecule has 0 aliphatic carbocycles. The molecule has 43 heavy (non-hydrogen) atoms. The fourth-order valence-corrected chi connectivity index (χ4v) is 13.5. The third-order valence-corrected chi connectivity index (χ3v) is 16.2. The van der Waals surface area contributed by atoms with Gasteiger partial charge >= 0.3 is 263 Å². The molecule has 0 amide bonds. The molecule has 0 radical (unpaired) electrons. The van der Waals surface area contributed by atoms with Crippen molar-refractivity contribution in [2.24, 2.45) is 0 Å². The molecule has 0 N–H and O–H groups in total. The van der Waals surface area contributed by atoms with Gasteiger partial charge in [0.1, 0.15) is 0 Å². The van der Waals surface area contributed by atoms with Gasteiger partial charge in [-0.2, -0.15) is 0 Å². The standard InChI is InChI=1S/C34H34BrFN3O2PS/c1-24(2)31-30(32(25-20-22-26(36)23-21-25)38-34(37-31)39(3)43(4,40)41)33(35)42(27-14-8-5-9-15-27,28-16-10-6-11-17-28)29-18-12-7-13-19-29/h5-24,33,42H,1-4H3. The Morgan fingerprint density at radius 3 is 1.58 bits per heavy atom.